The number of aryl methyl sites for hydroxylation is 1. The summed E-state index contributed by atoms with van der Waals surface area (Å²) in [5.74, 6) is -0.285. The Morgan fingerprint density at radius 2 is 2.14 bits per heavy atom. The van der Waals surface area contributed by atoms with Gasteiger partial charge in [-0.3, -0.25) is 24.2 Å². The molecule has 0 atom stereocenters. The van der Waals surface area contributed by atoms with E-state index >= 15 is 0 Å². The van der Waals surface area contributed by atoms with E-state index in [0.29, 0.717) is 16.1 Å². The molecule has 1 amide bonds. The van der Waals surface area contributed by atoms with Gasteiger partial charge in [-0.25, -0.2) is 0 Å². The first-order valence-electron chi connectivity index (χ1n) is 5.89. The third-order valence-corrected chi connectivity index (χ3v) is 3.73. The minimum atomic E-state index is -0.888. The molecule has 0 saturated heterocycles. The van der Waals surface area contributed by atoms with E-state index in [1.807, 2.05) is 0 Å². The van der Waals surface area contributed by atoms with Crippen molar-refractivity contribution in [1.82, 2.24) is 20.1 Å². The molecular weight excluding hydrogens is 294 g/mol. The number of nitrogens with one attached hydrogen (secondary N) is 2. The van der Waals surface area contributed by atoms with E-state index in [0.717, 1.165) is 11.8 Å². The van der Waals surface area contributed by atoms with Crippen LogP contribution >= 0.6 is 11.8 Å². The van der Waals surface area contributed by atoms with Crippen molar-refractivity contribution in [2.75, 3.05) is 12.8 Å². The lowest BCUT2D eigenvalue weighted by Crippen LogP contribution is -2.33. The Labute approximate surface area is 123 Å². The van der Waals surface area contributed by atoms with Crippen molar-refractivity contribution < 1.29 is 4.79 Å². The van der Waals surface area contributed by atoms with Gasteiger partial charge in [-0.15, -0.1) is 0 Å². The summed E-state index contributed by atoms with van der Waals surface area (Å²) in [7, 11) is 3.06. The molecule has 0 spiro atoms. The van der Waals surface area contributed by atoms with Crippen LogP contribution in [0.25, 0.3) is 0 Å². The van der Waals surface area contributed by atoms with Gasteiger partial charge in [-0.05, 0) is 30.0 Å². The summed E-state index contributed by atoms with van der Waals surface area (Å²) >= 11 is 1.06. The van der Waals surface area contributed by atoms with Crippen molar-refractivity contribution in [3.63, 3.8) is 0 Å². The maximum absolute atomic E-state index is 11.8. The van der Waals surface area contributed by atoms with Gasteiger partial charge in [-0.2, -0.15) is 4.98 Å². The Morgan fingerprint density at radius 3 is 2.81 bits per heavy atom. The van der Waals surface area contributed by atoms with E-state index < -0.39 is 11.1 Å². The number of aromatic nitrogens is 3. The highest BCUT2D eigenvalue weighted by atomic mass is 32.2. The van der Waals surface area contributed by atoms with Gasteiger partial charge in [0.15, 0.2) is 5.16 Å². The topological polar surface area (TPSA) is 123 Å². The van der Waals surface area contributed by atoms with Gasteiger partial charge in [0.1, 0.15) is 0 Å². The van der Waals surface area contributed by atoms with Crippen LogP contribution in [0.4, 0.5) is 5.69 Å². The highest BCUT2D eigenvalue weighted by Crippen LogP contribution is 2.29. The molecule has 2 rings (SSSR count). The van der Waals surface area contributed by atoms with Gasteiger partial charge < -0.3 is 11.1 Å². The highest BCUT2D eigenvalue weighted by Gasteiger charge is 2.14. The molecule has 0 unspecified atom stereocenters. The molecule has 110 valence electrons. The van der Waals surface area contributed by atoms with E-state index in [4.69, 9.17) is 5.73 Å². The van der Waals surface area contributed by atoms with Gasteiger partial charge >= 0.3 is 11.1 Å². The number of benzene rings is 1. The number of carbonyl (C=O) groups excluding carboxylic acids is 1. The molecule has 0 fully saturated rings. The summed E-state index contributed by atoms with van der Waals surface area (Å²) in [6, 6.07) is 4.79. The van der Waals surface area contributed by atoms with Crippen molar-refractivity contribution in [1.29, 1.82) is 0 Å². The molecule has 2 aromatic rings. The molecule has 1 heterocycles. The predicted octanol–water partition coefficient (Wildman–Crippen LogP) is -0.438. The zero-order chi connectivity index (χ0) is 15.6. The molecule has 21 heavy (non-hydrogen) atoms. The summed E-state index contributed by atoms with van der Waals surface area (Å²) in [6.45, 7) is 0. The van der Waals surface area contributed by atoms with Crippen LogP contribution in [0.2, 0.25) is 0 Å². The molecule has 8 nitrogen and oxygen atoms in total. The Morgan fingerprint density at radius 1 is 1.43 bits per heavy atom. The second-order valence-electron chi connectivity index (χ2n) is 4.14. The summed E-state index contributed by atoms with van der Waals surface area (Å²) in [5, 5.41) is 5.11. The summed E-state index contributed by atoms with van der Waals surface area (Å²) in [5.41, 5.74) is 4.90. The molecule has 0 saturated carbocycles. The third kappa shape index (κ3) is 3.14. The number of nitrogen functional groups attached to an aromatic ring is 1. The van der Waals surface area contributed by atoms with Crippen LogP contribution in [-0.2, 0) is 7.05 Å². The average Bonchev–Trinajstić information content (AvgIpc) is 2.44. The number of anilines is 1. The van der Waals surface area contributed by atoms with Crippen LogP contribution in [0.15, 0.2) is 37.8 Å². The minimum Gasteiger partial charge on any atom is -0.399 e. The normalized spacial score (nSPS) is 10.4. The highest BCUT2D eigenvalue weighted by molar-refractivity contribution is 7.99. The zero-order valence-corrected chi connectivity index (χ0v) is 12.2. The van der Waals surface area contributed by atoms with Crippen LogP contribution in [-0.4, -0.2) is 27.7 Å². The summed E-state index contributed by atoms with van der Waals surface area (Å²) in [6.07, 6.45) is 0. The number of rotatable bonds is 3. The standard InChI is InChI=1S/C12H13N5O3S/c1-14-9(18)7-4-3-6(13)5-8(7)21-12-15-10(19)11(20)16-17(12)2/h3-5H,13H2,1-2H3,(H,14,18)(H,16,20). The molecule has 0 aliphatic rings. The molecule has 1 aromatic carbocycles. The number of H-pyrrole nitrogens is 1. The number of hydrogen-bond donors (Lipinski definition) is 3. The van der Waals surface area contributed by atoms with Crippen molar-refractivity contribution in [2.45, 2.75) is 10.1 Å². The first-order valence-corrected chi connectivity index (χ1v) is 6.71. The lowest BCUT2D eigenvalue weighted by Gasteiger charge is -2.10. The molecule has 0 aliphatic carbocycles. The second-order valence-corrected chi connectivity index (χ2v) is 5.15. The van der Waals surface area contributed by atoms with Gasteiger partial charge in [-0.1, -0.05) is 0 Å². The van der Waals surface area contributed by atoms with Crippen molar-refractivity contribution >= 4 is 23.4 Å². The number of hydrogen-bond acceptors (Lipinski definition) is 6. The predicted molar refractivity (Wildman–Crippen MR) is 78.5 cm³/mol. The first kappa shape index (κ1) is 14.9. The van der Waals surface area contributed by atoms with E-state index in [-0.39, 0.29) is 11.1 Å². The zero-order valence-electron chi connectivity index (χ0n) is 11.3. The molecule has 1 aromatic heterocycles. The smallest absolute Gasteiger partial charge is 0.339 e. The van der Waals surface area contributed by atoms with Crippen molar-refractivity contribution in [3.8, 4) is 0 Å². The Hall–Kier alpha value is -2.55. The maximum Gasteiger partial charge on any atom is 0.339 e. The fraction of sp³-hybridized carbons (Fsp3) is 0.167. The van der Waals surface area contributed by atoms with Crippen LogP contribution in [0.3, 0.4) is 0 Å². The van der Waals surface area contributed by atoms with Gasteiger partial charge in [0.25, 0.3) is 5.91 Å². The Bertz CT molecular complexity index is 811. The average molecular weight is 307 g/mol. The monoisotopic (exact) mass is 307 g/mol. The molecule has 0 aliphatic heterocycles. The molecule has 9 heteroatoms. The second kappa shape index (κ2) is 5.83. The van der Waals surface area contributed by atoms with Crippen molar-refractivity contribution in [2.24, 2.45) is 7.05 Å². The minimum absolute atomic E-state index is 0.246. The lowest BCUT2D eigenvalue weighted by atomic mass is 10.2. The molecule has 0 bridgehead atoms. The van der Waals surface area contributed by atoms with E-state index in [9.17, 15) is 14.4 Å². The number of amides is 1. The number of nitrogens with two attached hydrogens (primary N) is 1. The van der Waals surface area contributed by atoms with Crippen molar-refractivity contribution in [3.05, 3.63) is 44.5 Å². The fourth-order valence-corrected chi connectivity index (χ4v) is 2.57. The van der Waals surface area contributed by atoms with Gasteiger partial charge in [0.05, 0.1) is 5.56 Å². The van der Waals surface area contributed by atoms with Crippen LogP contribution < -0.4 is 22.2 Å². The number of carbonyl (C=O) groups is 1. The quantitative estimate of drug-likeness (QED) is 0.522. The van der Waals surface area contributed by atoms with E-state index in [2.05, 4.69) is 15.4 Å². The van der Waals surface area contributed by atoms with Crippen LogP contribution in [0.1, 0.15) is 10.4 Å². The van der Waals surface area contributed by atoms with Gasteiger partial charge in [0.2, 0.25) is 0 Å². The van der Waals surface area contributed by atoms with Gasteiger partial charge in [0, 0.05) is 24.7 Å². The van der Waals surface area contributed by atoms with E-state index in [1.54, 1.807) is 25.2 Å². The summed E-state index contributed by atoms with van der Waals surface area (Å²) < 4.78 is 1.31. The maximum atomic E-state index is 11.8. The third-order valence-electron chi connectivity index (χ3n) is 2.63. The Kier molecular flexibility index (Phi) is 4.13. The molecule has 0 radical (unpaired) electrons. The summed E-state index contributed by atoms with van der Waals surface area (Å²) in [4.78, 5) is 38.6. The lowest BCUT2D eigenvalue weighted by molar-refractivity contribution is 0.0960. The number of aromatic amines is 1. The largest absolute Gasteiger partial charge is 0.399 e. The van der Waals surface area contributed by atoms with Crippen LogP contribution in [0.5, 0.6) is 0 Å². The number of nitrogens with zero attached hydrogens (tertiary/aromatic N) is 2. The molecular formula is C12H13N5O3S. The van der Waals surface area contributed by atoms with Crippen LogP contribution in [0, 0.1) is 0 Å². The Balaban J connectivity index is 2.51. The first-order chi connectivity index (χ1) is 9.92. The molecule has 4 N–H and O–H groups in total. The SMILES string of the molecule is CNC(=O)c1ccc(N)cc1Sc1nc(=O)c(=O)[nH]n1C. The van der Waals surface area contributed by atoms with E-state index in [1.165, 1.54) is 11.7 Å². The fourth-order valence-electron chi connectivity index (χ4n) is 1.60.